The molecule has 5 heteroatoms. The maximum absolute atomic E-state index is 10.3. The van der Waals surface area contributed by atoms with Gasteiger partial charge in [-0.05, 0) is 36.4 Å². The first kappa shape index (κ1) is 16.1. The second-order valence-electron chi connectivity index (χ2n) is 4.70. The predicted molar refractivity (Wildman–Crippen MR) is 85.1 cm³/mol. The summed E-state index contributed by atoms with van der Waals surface area (Å²) >= 11 is 0. The van der Waals surface area contributed by atoms with E-state index in [1.54, 1.807) is 38.7 Å². The van der Waals surface area contributed by atoms with Crippen molar-refractivity contribution in [2.45, 2.75) is 6.10 Å². The minimum Gasteiger partial charge on any atom is -0.497 e. The van der Waals surface area contributed by atoms with E-state index in [4.69, 9.17) is 13.9 Å². The minimum absolute atomic E-state index is 0.409. The number of methoxy groups -OCH3 is 2. The van der Waals surface area contributed by atoms with Crippen molar-refractivity contribution >= 4 is 6.08 Å². The first-order valence-corrected chi connectivity index (χ1v) is 7.05. The highest BCUT2D eigenvalue weighted by Crippen LogP contribution is 2.28. The second kappa shape index (κ2) is 8.26. The van der Waals surface area contributed by atoms with Gasteiger partial charge in [-0.2, -0.15) is 0 Å². The van der Waals surface area contributed by atoms with Crippen molar-refractivity contribution in [3.8, 4) is 11.5 Å². The Morgan fingerprint density at radius 2 is 2.14 bits per heavy atom. The summed E-state index contributed by atoms with van der Waals surface area (Å²) < 4.78 is 15.6. The van der Waals surface area contributed by atoms with Gasteiger partial charge in [0, 0.05) is 18.7 Å². The molecule has 0 aliphatic heterocycles. The fourth-order valence-electron chi connectivity index (χ4n) is 2.07. The van der Waals surface area contributed by atoms with Crippen LogP contribution < -0.4 is 14.8 Å². The molecule has 118 valence electrons. The van der Waals surface area contributed by atoms with Gasteiger partial charge in [0.25, 0.3) is 0 Å². The molecule has 0 bridgehead atoms. The van der Waals surface area contributed by atoms with Crippen molar-refractivity contribution in [3.05, 3.63) is 54.0 Å². The summed E-state index contributed by atoms with van der Waals surface area (Å²) in [5.74, 6) is 2.13. The van der Waals surface area contributed by atoms with Gasteiger partial charge in [-0.1, -0.05) is 6.08 Å². The highest BCUT2D eigenvalue weighted by Gasteiger charge is 2.13. The van der Waals surface area contributed by atoms with Crippen LogP contribution in [0.4, 0.5) is 0 Å². The van der Waals surface area contributed by atoms with Crippen LogP contribution in [-0.4, -0.2) is 32.4 Å². The van der Waals surface area contributed by atoms with Crippen LogP contribution in [0.3, 0.4) is 0 Å². The van der Waals surface area contributed by atoms with Gasteiger partial charge in [0.1, 0.15) is 17.3 Å². The minimum atomic E-state index is -0.679. The Kier molecular flexibility index (Phi) is 6.06. The van der Waals surface area contributed by atoms with Crippen LogP contribution in [0.25, 0.3) is 6.08 Å². The van der Waals surface area contributed by atoms with Gasteiger partial charge in [0.05, 0.1) is 26.6 Å². The van der Waals surface area contributed by atoms with Crippen LogP contribution in [0.5, 0.6) is 11.5 Å². The molecule has 0 aliphatic rings. The Balaban J connectivity index is 1.87. The molecule has 1 aromatic carbocycles. The van der Waals surface area contributed by atoms with E-state index in [1.165, 1.54) is 0 Å². The molecule has 1 atom stereocenters. The number of aliphatic hydroxyl groups excluding tert-OH is 1. The first-order valence-electron chi connectivity index (χ1n) is 7.05. The Bertz CT molecular complexity index is 593. The van der Waals surface area contributed by atoms with E-state index in [0.717, 1.165) is 5.76 Å². The topological polar surface area (TPSA) is 63.9 Å². The fourth-order valence-corrected chi connectivity index (χ4v) is 2.07. The zero-order valence-corrected chi connectivity index (χ0v) is 12.8. The molecule has 1 heterocycles. The summed E-state index contributed by atoms with van der Waals surface area (Å²) in [5, 5.41) is 13.5. The summed E-state index contributed by atoms with van der Waals surface area (Å²) in [6.45, 7) is 1.04. The largest absolute Gasteiger partial charge is 0.497 e. The lowest BCUT2D eigenvalue weighted by Gasteiger charge is -2.16. The molecular weight excluding hydrogens is 282 g/mol. The van der Waals surface area contributed by atoms with Crippen molar-refractivity contribution in [1.29, 1.82) is 0 Å². The molecule has 0 saturated heterocycles. The molecular formula is C17H21NO4. The second-order valence-corrected chi connectivity index (χ2v) is 4.70. The number of ether oxygens (including phenoxy) is 2. The number of hydrogen-bond acceptors (Lipinski definition) is 5. The van der Waals surface area contributed by atoms with E-state index >= 15 is 0 Å². The van der Waals surface area contributed by atoms with E-state index in [0.29, 0.717) is 30.2 Å². The molecule has 2 N–H and O–H groups in total. The highest BCUT2D eigenvalue weighted by molar-refractivity contribution is 5.43. The first-order chi connectivity index (χ1) is 10.7. The van der Waals surface area contributed by atoms with Crippen molar-refractivity contribution in [2.75, 3.05) is 27.3 Å². The third-order valence-corrected chi connectivity index (χ3v) is 3.22. The zero-order valence-electron chi connectivity index (χ0n) is 12.8. The lowest BCUT2D eigenvalue weighted by molar-refractivity contribution is 0.171. The van der Waals surface area contributed by atoms with Crippen LogP contribution >= 0.6 is 0 Å². The lowest BCUT2D eigenvalue weighted by atomic mass is 10.1. The SMILES string of the molecule is COc1ccc(OC)c(C(O)CNC/C=C/c2ccco2)c1. The molecule has 0 saturated carbocycles. The van der Waals surface area contributed by atoms with Crippen LogP contribution in [0.1, 0.15) is 17.4 Å². The van der Waals surface area contributed by atoms with E-state index in [2.05, 4.69) is 5.32 Å². The van der Waals surface area contributed by atoms with Crippen molar-refractivity contribution in [1.82, 2.24) is 5.32 Å². The molecule has 0 aliphatic carbocycles. The number of aliphatic hydroxyl groups is 1. The lowest BCUT2D eigenvalue weighted by Crippen LogP contribution is -2.21. The molecule has 5 nitrogen and oxygen atoms in total. The van der Waals surface area contributed by atoms with Gasteiger partial charge >= 0.3 is 0 Å². The van der Waals surface area contributed by atoms with Crippen LogP contribution in [0.2, 0.25) is 0 Å². The maximum Gasteiger partial charge on any atom is 0.126 e. The summed E-state index contributed by atoms with van der Waals surface area (Å²) in [4.78, 5) is 0. The molecule has 2 aromatic rings. The molecule has 1 unspecified atom stereocenters. The highest BCUT2D eigenvalue weighted by atomic mass is 16.5. The Labute approximate surface area is 130 Å². The molecule has 0 radical (unpaired) electrons. The van der Waals surface area contributed by atoms with E-state index in [1.807, 2.05) is 24.3 Å². The van der Waals surface area contributed by atoms with Gasteiger partial charge < -0.3 is 24.3 Å². The predicted octanol–water partition coefficient (Wildman–Crippen LogP) is 2.63. The average molecular weight is 303 g/mol. The third kappa shape index (κ3) is 4.38. The number of nitrogens with one attached hydrogen (secondary N) is 1. The monoisotopic (exact) mass is 303 g/mol. The van der Waals surface area contributed by atoms with Crippen molar-refractivity contribution in [2.24, 2.45) is 0 Å². The standard InChI is InChI=1S/C17H21NO4/c1-20-14-7-8-17(21-2)15(11-14)16(19)12-18-9-3-5-13-6-4-10-22-13/h3-8,10-11,16,18-19H,9,12H2,1-2H3/b5-3+. The third-order valence-electron chi connectivity index (χ3n) is 3.22. The molecule has 0 spiro atoms. The summed E-state index contributed by atoms with van der Waals surface area (Å²) in [5.41, 5.74) is 0.698. The quantitative estimate of drug-likeness (QED) is 0.734. The van der Waals surface area contributed by atoms with E-state index in [-0.39, 0.29) is 0 Å². The number of benzene rings is 1. The Morgan fingerprint density at radius 1 is 1.27 bits per heavy atom. The van der Waals surface area contributed by atoms with Gasteiger partial charge in [-0.3, -0.25) is 0 Å². The average Bonchev–Trinajstić information content (AvgIpc) is 3.07. The van der Waals surface area contributed by atoms with E-state index in [9.17, 15) is 5.11 Å². The Morgan fingerprint density at radius 3 is 2.82 bits per heavy atom. The van der Waals surface area contributed by atoms with Crippen LogP contribution in [0.15, 0.2) is 47.1 Å². The summed E-state index contributed by atoms with van der Waals surface area (Å²) in [6.07, 6.45) is 4.77. The number of hydrogen-bond donors (Lipinski definition) is 2. The smallest absolute Gasteiger partial charge is 0.126 e. The van der Waals surface area contributed by atoms with Crippen LogP contribution in [-0.2, 0) is 0 Å². The van der Waals surface area contributed by atoms with Crippen molar-refractivity contribution in [3.63, 3.8) is 0 Å². The molecule has 22 heavy (non-hydrogen) atoms. The van der Waals surface area contributed by atoms with Gasteiger partial charge in [-0.25, -0.2) is 0 Å². The fraction of sp³-hybridized carbons (Fsp3) is 0.294. The van der Waals surface area contributed by atoms with Crippen molar-refractivity contribution < 1.29 is 19.0 Å². The van der Waals surface area contributed by atoms with Gasteiger partial charge in [0.15, 0.2) is 0 Å². The van der Waals surface area contributed by atoms with E-state index < -0.39 is 6.10 Å². The zero-order chi connectivity index (χ0) is 15.8. The van der Waals surface area contributed by atoms with Gasteiger partial charge in [-0.15, -0.1) is 0 Å². The van der Waals surface area contributed by atoms with Crippen LogP contribution in [0, 0.1) is 0 Å². The summed E-state index contributed by atoms with van der Waals surface area (Å²) in [6, 6.07) is 9.09. The normalized spacial score (nSPS) is 12.5. The molecule has 0 amide bonds. The molecule has 1 aromatic heterocycles. The molecule has 2 rings (SSSR count). The number of rotatable bonds is 8. The summed E-state index contributed by atoms with van der Waals surface area (Å²) in [7, 11) is 3.17. The Hall–Kier alpha value is -2.24. The number of furan rings is 1. The molecule has 0 fully saturated rings. The van der Waals surface area contributed by atoms with Gasteiger partial charge in [0.2, 0.25) is 0 Å². The maximum atomic E-state index is 10.3.